The van der Waals surface area contributed by atoms with Gasteiger partial charge in [-0.25, -0.2) is 0 Å². The minimum Gasteiger partial charge on any atom is -0.506 e. The van der Waals surface area contributed by atoms with E-state index in [1.54, 1.807) is 10.6 Å². The van der Waals surface area contributed by atoms with Gasteiger partial charge in [-0.05, 0) is 31.0 Å². The quantitative estimate of drug-likeness (QED) is 0.519. The van der Waals surface area contributed by atoms with Crippen LogP contribution in [0.1, 0.15) is 28.8 Å². The molecule has 0 spiro atoms. The molecule has 1 aromatic carbocycles. The van der Waals surface area contributed by atoms with Gasteiger partial charge in [0.25, 0.3) is 5.56 Å². The minimum atomic E-state index is -0.395. The highest BCUT2D eigenvalue weighted by Gasteiger charge is 2.25. The summed E-state index contributed by atoms with van der Waals surface area (Å²) >= 11 is 0. The van der Waals surface area contributed by atoms with E-state index in [2.05, 4.69) is 5.32 Å². The van der Waals surface area contributed by atoms with Gasteiger partial charge in [-0.2, -0.15) is 0 Å². The van der Waals surface area contributed by atoms with Gasteiger partial charge in [0.1, 0.15) is 11.3 Å². The lowest BCUT2D eigenvalue weighted by Crippen LogP contribution is -2.26. The van der Waals surface area contributed by atoms with E-state index in [0.717, 1.165) is 17.5 Å². The molecule has 2 aromatic rings. The van der Waals surface area contributed by atoms with Crippen LogP contribution in [0.15, 0.2) is 23.0 Å². The Balaban J connectivity index is 1.91. The van der Waals surface area contributed by atoms with Crippen molar-refractivity contribution >= 4 is 16.7 Å². The summed E-state index contributed by atoms with van der Waals surface area (Å²) in [5, 5.41) is 22.7. The molecule has 0 aliphatic carbocycles. The molecular weight excluding hydrogens is 296 g/mol. The van der Waals surface area contributed by atoms with Crippen molar-refractivity contribution in [2.75, 3.05) is 19.7 Å². The van der Waals surface area contributed by atoms with E-state index >= 15 is 0 Å². The number of carbonyl (C=O) groups excluding carboxylic acids is 1. The number of aliphatic hydroxyl groups is 1. The normalized spacial score (nSPS) is 12.9. The zero-order valence-electron chi connectivity index (χ0n) is 12.8. The third-order valence-corrected chi connectivity index (χ3v) is 4.27. The average Bonchev–Trinajstić information content (AvgIpc) is 2.98. The molecule has 23 heavy (non-hydrogen) atoms. The first-order chi connectivity index (χ1) is 11.1. The zero-order valence-corrected chi connectivity index (χ0v) is 12.8. The van der Waals surface area contributed by atoms with Crippen LogP contribution in [0.3, 0.4) is 0 Å². The molecule has 6 nitrogen and oxygen atoms in total. The van der Waals surface area contributed by atoms with Crippen LogP contribution >= 0.6 is 0 Å². The number of aromatic hydroxyl groups is 1. The summed E-state index contributed by atoms with van der Waals surface area (Å²) < 4.78 is 1.60. The van der Waals surface area contributed by atoms with Gasteiger partial charge in [-0.1, -0.05) is 12.1 Å². The van der Waals surface area contributed by atoms with Crippen LogP contribution in [0.25, 0.3) is 10.9 Å². The van der Waals surface area contributed by atoms with Gasteiger partial charge >= 0.3 is 0 Å². The number of ketones is 1. The number of hydrogen-bond acceptors (Lipinski definition) is 5. The Morgan fingerprint density at radius 2 is 2.13 bits per heavy atom. The molecule has 0 fully saturated rings. The summed E-state index contributed by atoms with van der Waals surface area (Å²) in [5.41, 5.74) is 1.28. The topological polar surface area (TPSA) is 91.6 Å². The Hall–Kier alpha value is -2.18. The molecular formula is C17H20N2O4. The average molecular weight is 316 g/mol. The maximum Gasteiger partial charge on any atom is 0.265 e. The predicted molar refractivity (Wildman–Crippen MR) is 87.1 cm³/mol. The highest BCUT2D eigenvalue weighted by Crippen LogP contribution is 2.32. The molecule has 0 amide bonds. The van der Waals surface area contributed by atoms with Gasteiger partial charge in [-0.15, -0.1) is 0 Å². The van der Waals surface area contributed by atoms with Crippen molar-refractivity contribution in [1.29, 1.82) is 0 Å². The van der Waals surface area contributed by atoms with Crippen LogP contribution in [-0.2, 0) is 13.0 Å². The smallest absolute Gasteiger partial charge is 0.265 e. The lowest BCUT2D eigenvalue weighted by molar-refractivity contribution is 0.0975. The molecule has 0 radical (unpaired) electrons. The van der Waals surface area contributed by atoms with Crippen molar-refractivity contribution in [2.24, 2.45) is 0 Å². The Labute approximate surface area is 133 Å². The number of rotatable bonds is 7. The largest absolute Gasteiger partial charge is 0.506 e. The third-order valence-electron chi connectivity index (χ3n) is 4.27. The molecule has 0 atom stereocenters. The number of hydrogen-bond donors (Lipinski definition) is 3. The molecule has 3 N–H and O–H groups in total. The van der Waals surface area contributed by atoms with E-state index < -0.39 is 5.56 Å². The first-order valence-corrected chi connectivity index (χ1v) is 7.87. The molecule has 0 saturated heterocycles. The van der Waals surface area contributed by atoms with Crippen LogP contribution in [0, 0.1) is 0 Å². The van der Waals surface area contributed by atoms with E-state index in [-0.39, 0.29) is 30.1 Å². The standard InChI is InChI=1S/C17H20N2O4/c20-10-8-18-7-2-5-13(21)14-16(22)12-4-1-3-11-6-9-19(15(11)12)17(14)23/h1,3-4,18,20,22H,2,5-10H2. The number of Topliss-reactive ketones (excluding diaryl/α,β-unsaturated/α-hetero) is 1. The van der Waals surface area contributed by atoms with E-state index in [4.69, 9.17) is 5.11 Å². The maximum atomic E-state index is 12.6. The van der Waals surface area contributed by atoms with Crippen LogP contribution < -0.4 is 10.9 Å². The summed E-state index contributed by atoms with van der Waals surface area (Å²) in [4.78, 5) is 25.0. The van der Waals surface area contributed by atoms with Crippen molar-refractivity contribution in [3.8, 4) is 5.75 Å². The van der Waals surface area contributed by atoms with Gasteiger partial charge in [0, 0.05) is 24.9 Å². The molecule has 1 aliphatic rings. The van der Waals surface area contributed by atoms with Crippen molar-refractivity contribution in [3.05, 3.63) is 39.7 Å². The SMILES string of the molecule is O=C(CCCNCCO)c1c(O)c2cccc3c2n(c1=O)CC3. The van der Waals surface area contributed by atoms with E-state index in [1.165, 1.54) is 0 Å². The van der Waals surface area contributed by atoms with E-state index in [0.29, 0.717) is 31.4 Å². The number of aryl methyl sites for hydroxylation is 2. The van der Waals surface area contributed by atoms with E-state index in [1.807, 2.05) is 12.1 Å². The fourth-order valence-electron chi connectivity index (χ4n) is 3.18. The molecule has 0 saturated carbocycles. The highest BCUT2D eigenvalue weighted by molar-refractivity contribution is 6.04. The number of pyridine rings is 1. The zero-order chi connectivity index (χ0) is 16.4. The number of benzene rings is 1. The highest BCUT2D eigenvalue weighted by atomic mass is 16.3. The van der Waals surface area contributed by atoms with Crippen molar-refractivity contribution in [1.82, 2.24) is 9.88 Å². The summed E-state index contributed by atoms with van der Waals surface area (Å²) in [7, 11) is 0. The number of aliphatic hydroxyl groups excluding tert-OH is 1. The second kappa shape index (κ2) is 6.52. The molecule has 1 aliphatic heterocycles. The first kappa shape index (κ1) is 15.7. The Morgan fingerprint density at radius 3 is 2.91 bits per heavy atom. The number of nitrogens with zero attached hydrogens (tertiary/aromatic N) is 1. The fraction of sp³-hybridized carbons (Fsp3) is 0.412. The minimum absolute atomic E-state index is 0.0481. The maximum absolute atomic E-state index is 12.6. The van der Waals surface area contributed by atoms with Crippen LogP contribution in [0.4, 0.5) is 0 Å². The lowest BCUT2D eigenvalue weighted by atomic mass is 10.0. The summed E-state index contributed by atoms with van der Waals surface area (Å²) in [6.45, 7) is 1.66. The Kier molecular flexibility index (Phi) is 4.45. The predicted octanol–water partition coefficient (Wildman–Crippen LogP) is 0.808. The summed E-state index contributed by atoms with van der Waals surface area (Å²) in [5.74, 6) is -0.528. The number of carbonyl (C=O) groups is 1. The second-order valence-corrected chi connectivity index (χ2v) is 5.74. The number of para-hydroxylation sites is 1. The number of nitrogens with one attached hydrogen (secondary N) is 1. The molecule has 122 valence electrons. The van der Waals surface area contributed by atoms with Gasteiger partial charge in [0.05, 0.1) is 12.1 Å². The number of aromatic nitrogens is 1. The fourth-order valence-corrected chi connectivity index (χ4v) is 3.18. The first-order valence-electron chi connectivity index (χ1n) is 7.87. The van der Waals surface area contributed by atoms with Crippen molar-refractivity contribution in [3.63, 3.8) is 0 Å². The molecule has 3 rings (SSSR count). The molecule has 0 unspecified atom stereocenters. The third kappa shape index (κ3) is 2.75. The monoisotopic (exact) mass is 316 g/mol. The summed E-state index contributed by atoms with van der Waals surface area (Å²) in [6.07, 6.45) is 1.48. The second-order valence-electron chi connectivity index (χ2n) is 5.74. The molecule has 2 heterocycles. The summed E-state index contributed by atoms with van der Waals surface area (Å²) in [6, 6.07) is 5.53. The van der Waals surface area contributed by atoms with Crippen LogP contribution in [0.2, 0.25) is 0 Å². The molecule has 6 heteroatoms. The van der Waals surface area contributed by atoms with Crippen molar-refractivity contribution < 1.29 is 15.0 Å². The van der Waals surface area contributed by atoms with Gasteiger partial charge < -0.3 is 20.1 Å². The molecule has 1 aromatic heterocycles. The van der Waals surface area contributed by atoms with Crippen molar-refractivity contribution in [2.45, 2.75) is 25.8 Å². The molecule has 0 bridgehead atoms. The van der Waals surface area contributed by atoms with Crippen LogP contribution in [0.5, 0.6) is 5.75 Å². The Bertz CT molecular complexity index is 810. The van der Waals surface area contributed by atoms with Gasteiger partial charge in [0.2, 0.25) is 0 Å². The van der Waals surface area contributed by atoms with Gasteiger partial charge in [0.15, 0.2) is 5.78 Å². The van der Waals surface area contributed by atoms with E-state index in [9.17, 15) is 14.7 Å². The van der Waals surface area contributed by atoms with Crippen LogP contribution in [-0.4, -0.2) is 40.3 Å². The Morgan fingerprint density at radius 1 is 1.30 bits per heavy atom. The van der Waals surface area contributed by atoms with Gasteiger partial charge in [-0.3, -0.25) is 9.59 Å². The lowest BCUT2D eigenvalue weighted by Gasteiger charge is -2.11.